The van der Waals surface area contributed by atoms with Crippen molar-refractivity contribution in [1.29, 1.82) is 10.5 Å². The highest BCUT2D eigenvalue weighted by molar-refractivity contribution is 7.11. The third-order valence-electron chi connectivity index (χ3n) is 3.57. The molecule has 7 heteroatoms. The molecule has 0 unspecified atom stereocenters. The average Bonchev–Trinajstić information content (AvgIpc) is 3.08. The van der Waals surface area contributed by atoms with E-state index in [4.69, 9.17) is 33.7 Å². The molecule has 1 atom stereocenters. The van der Waals surface area contributed by atoms with Gasteiger partial charge in [-0.15, -0.1) is 11.3 Å². The lowest BCUT2D eigenvalue weighted by molar-refractivity contribution is 0.358. The van der Waals surface area contributed by atoms with Crippen LogP contribution < -0.4 is 5.73 Å². The topological polar surface area (TPSA) is 82.8 Å². The predicted octanol–water partition coefficient (Wildman–Crippen LogP) is 4.80. The van der Waals surface area contributed by atoms with E-state index in [-0.39, 0.29) is 17.0 Å². The molecule has 0 saturated heterocycles. The number of nitrogens with zero attached hydrogens (tertiary/aromatic N) is 2. The van der Waals surface area contributed by atoms with E-state index < -0.39 is 5.92 Å². The van der Waals surface area contributed by atoms with Crippen LogP contribution in [0.5, 0.6) is 0 Å². The van der Waals surface area contributed by atoms with Gasteiger partial charge < -0.3 is 10.5 Å². The molecule has 24 heavy (non-hydrogen) atoms. The third kappa shape index (κ3) is 2.64. The Bertz CT molecular complexity index is 929. The van der Waals surface area contributed by atoms with Gasteiger partial charge in [-0.2, -0.15) is 10.5 Å². The molecule has 0 bridgehead atoms. The fraction of sp³-hybridized carbons (Fsp3) is 0.0588. The van der Waals surface area contributed by atoms with Crippen molar-refractivity contribution in [1.82, 2.24) is 0 Å². The fourth-order valence-corrected chi connectivity index (χ4v) is 3.87. The van der Waals surface area contributed by atoms with Crippen LogP contribution in [-0.2, 0) is 4.74 Å². The SMILES string of the molecule is N#CC1=C(N)OC(c2cccs2)=C(C#N)[C@H]1c1c(Cl)cccc1Cl. The van der Waals surface area contributed by atoms with Gasteiger partial charge in [0.15, 0.2) is 5.76 Å². The molecule has 0 spiro atoms. The lowest BCUT2D eigenvalue weighted by Crippen LogP contribution is -2.20. The number of nitriles is 2. The van der Waals surface area contributed by atoms with Crippen molar-refractivity contribution in [3.05, 3.63) is 73.2 Å². The Morgan fingerprint density at radius 1 is 1.04 bits per heavy atom. The zero-order valence-electron chi connectivity index (χ0n) is 12.1. The summed E-state index contributed by atoms with van der Waals surface area (Å²) in [4.78, 5) is 0.736. The van der Waals surface area contributed by atoms with Gasteiger partial charge in [-0.1, -0.05) is 35.3 Å². The first-order valence-corrected chi connectivity index (χ1v) is 8.41. The van der Waals surface area contributed by atoms with Gasteiger partial charge in [-0.25, -0.2) is 0 Å². The molecule has 1 aliphatic rings. The van der Waals surface area contributed by atoms with E-state index >= 15 is 0 Å². The fourth-order valence-electron chi connectivity index (χ4n) is 2.54. The summed E-state index contributed by atoms with van der Waals surface area (Å²) in [7, 11) is 0. The maximum absolute atomic E-state index is 9.73. The molecule has 118 valence electrons. The Kier molecular flexibility index (Phi) is 4.51. The summed E-state index contributed by atoms with van der Waals surface area (Å²) < 4.78 is 5.59. The van der Waals surface area contributed by atoms with Crippen LogP contribution in [-0.4, -0.2) is 0 Å². The Morgan fingerprint density at radius 2 is 1.71 bits per heavy atom. The normalized spacial score (nSPS) is 17.2. The van der Waals surface area contributed by atoms with Crippen LogP contribution in [0.15, 0.2) is 52.7 Å². The first-order chi connectivity index (χ1) is 11.6. The largest absolute Gasteiger partial charge is 0.438 e. The Morgan fingerprint density at radius 3 is 2.25 bits per heavy atom. The van der Waals surface area contributed by atoms with E-state index in [9.17, 15) is 10.5 Å². The number of hydrogen-bond donors (Lipinski definition) is 1. The number of thiophene rings is 1. The number of benzene rings is 1. The molecule has 4 nitrogen and oxygen atoms in total. The van der Waals surface area contributed by atoms with Crippen LogP contribution in [0.25, 0.3) is 5.76 Å². The van der Waals surface area contributed by atoms with Gasteiger partial charge in [-0.3, -0.25) is 0 Å². The summed E-state index contributed by atoms with van der Waals surface area (Å²) in [6.45, 7) is 0. The molecule has 0 amide bonds. The van der Waals surface area contributed by atoms with Gasteiger partial charge in [0.2, 0.25) is 5.88 Å². The van der Waals surface area contributed by atoms with Crippen LogP contribution in [0.2, 0.25) is 10.0 Å². The third-order valence-corrected chi connectivity index (χ3v) is 5.10. The van der Waals surface area contributed by atoms with E-state index in [1.807, 2.05) is 23.6 Å². The minimum Gasteiger partial charge on any atom is -0.438 e. The molecule has 0 radical (unpaired) electrons. The highest BCUT2D eigenvalue weighted by Crippen LogP contribution is 2.46. The van der Waals surface area contributed by atoms with Crippen molar-refractivity contribution < 1.29 is 4.74 Å². The average molecular weight is 374 g/mol. The standard InChI is InChI=1S/C17H9Cl2N3OS/c18-11-3-1-4-12(19)15(11)14-9(7-20)16(13-5-2-6-24-13)23-17(22)10(14)8-21/h1-6,14H,22H2/t14-/m1/s1. The summed E-state index contributed by atoms with van der Waals surface area (Å²) in [5.74, 6) is -0.502. The lowest BCUT2D eigenvalue weighted by atomic mass is 9.83. The molecule has 0 saturated carbocycles. The first kappa shape index (κ1) is 16.4. The smallest absolute Gasteiger partial charge is 0.205 e. The van der Waals surface area contributed by atoms with Crippen molar-refractivity contribution >= 4 is 40.3 Å². The number of ether oxygens (including phenoxy) is 1. The molecular formula is C17H9Cl2N3OS. The Balaban J connectivity index is 2.32. The quantitative estimate of drug-likeness (QED) is 0.819. The van der Waals surface area contributed by atoms with Crippen LogP contribution in [0.3, 0.4) is 0 Å². The summed E-state index contributed by atoms with van der Waals surface area (Å²) in [5.41, 5.74) is 6.77. The van der Waals surface area contributed by atoms with E-state index in [1.165, 1.54) is 11.3 Å². The van der Waals surface area contributed by atoms with Gasteiger partial charge in [0, 0.05) is 15.6 Å². The second-order valence-electron chi connectivity index (χ2n) is 4.89. The van der Waals surface area contributed by atoms with Crippen LogP contribution in [0.4, 0.5) is 0 Å². The van der Waals surface area contributed by atoms with Crippen LogP contribution >= 0.6 is 34.5 Å². The predicted molar refractivity (Wildman–Crippen MR) is 94.0 cm³/mol. The minimum absolute atomic E-state index is 0.0547. The number of allylic oxidation sites excluding steroid dienone is 2. The number of hydrogen-bond acceptors (Lipinski definition) is 5. The first-order valence-electron chi connectivity index (χ1n) is 6.78. The monoisotopic (exact) mass is 373 g/mol. The maximum Gasteiger partial charge on any atom is 0.205 e. The van der Waals surface area contributed by atoms with Crippen molar-refractivity contribution in [2.75, 3.05) is 0 Å². The number of rotatable bonds is 2. The van der Waals surface area contributed by atoms with E-state index in [0.717, 1.165) is 4.88 Å². The second kappa shape index (κ2) is 6.59. The van der Waals surface area contributed by atoms with Crippen molar-refractivity contribution in [3.63, 3.8) is 0 Å². The van der Waals surface area contributed by atoms with Crippen molar-refractivity contribution in [3.8, 4) is 12.1 Å². The molecule has 3 rings (SSSR count). The summed E-state index contributed by atoms with van der Waals surface area (Å²) in [6.07, 6.45) is 0. The van der Waals surface area contributed by atoms with Crippen LogP contribution in [0.1, 0.15) is 16.4 Å². The van der Waals surface area contributed by atoms with Crippen molar-refractivity contribution in [2.24, 2.45) is 5.73 Å². The Hall–Kier alpha value is -2.44. The zero-order valence-corrected chi connectivity index (χ0v) is 14.4. The molecule has 1 aromatic carbocycles. The molecular weight excluding hydrogens is 365 g/mol. The maximum atomic E-state index is 9.73. The molecule has 2 aromatic rings. The van der Waals surface area contributed by atoms with Gasteiger partial charge in [0.25, 0.3) is 0 Å². The lowest BCUT2D eigenvalue weighted by Gasteiger charge is -2.26. The summed E-state index contributed by atoms with van der Waals surface area (Å²) in [5, 5.41) is 21.8. The van der Waals surface area contributed by atoms with Crippen molar-refractivity contribution in [2.45, 2.75) is 5.92 Å². The molecule has 2 heterocycles. The molecule has 1 aromatic heterocycles. The Labute approximate surface area is 152 Å². The second-order valence-corrected chi connectivity index (χ2v) is 6.65. The summed E-state index contributed by atoms with van der Waals surface area (Å²) in [6, 6.07) is 12.8. The van der Waals surface area contributed by atoms with E-state index in [2.05, 4.69) is 6.07 Å². The number of halogens is 2. The van der Waals surface area contributed by atoms with Gasteiger partial charge >= 0.3 is 0 Å². The van der Waals surface area contributed by atoms with Gasteiger partial charge in [-0.05, 0) is 23.6 Å². The van der Waals surface area contributed by atoms with Gasteiger partial charge in [0.05, 0.1) is 22.4 Å². The van der Waals surface area contributed by atoms with E-state index in [0.29, 0.717) is 21.4 Å². The highest BCUT2D eigenvalue weighted by atomic mass is 35.5. The zero-order chi connectivity index (χ0) is 17.3. The van der Waals surface area contributed by atoms with Crippen LogP contribution in [0, 0.1) is 22.7 Å². The van der Waals surface area contributed by atoms with Gasteiger partial charge in [0.1, 0.15) is 11.6 Å². The molecule has 0 aliphatic carbocycles. The summed E-state index contributed by atoms with van der Waals surface area (Å²) >= 11 is 14.0. The molecule has 1 aliphatic heterocycles. The van der Waals surface area contributed by atoms with E-state index in [1.54, 1.807) is 18.2 Å². The number of nitrogens with two attached hydrogens (primary N) is 1. The molecule has 0 fully saturated rings. The highest BCUT2D eigenvalue weighted by Gasteiger charge is 2.36. The molecule has 2 N–H and O–H groups in total. The minimum atomic E-state index is -0.771.